The maximum atomic E-state index is 11.1. The fraction of sp³-hybridized carbons (Fsp3) is 0.385. The van der Waals surface area contributed by atoms with Crippen molar-refractivity contribution in [2.75, 3.05) is 0 Å². The molecule has 0 saturated heterocycles. The van der Waals surface area contributed by atoms with Gasteiger partial charge in [-0.1, -0.05) is 26.0 Å². The van der Waals surface area contributed by atoms with Crippen LogP contribution in [0.5, 0.6) is 0 Å². The van der Waals surface area contributed by atoms with Crippen molar-refractivity contribution in [3.8, 4) is 6.07 Å². The third-order valence-corrected chi connectivity index (χ3v) is 2.27. The minimum atomic E-state index is 0.00240. The molecule has 1 aromatic carbocycles. The van der Waals surface area contributed by atoms with Crippen molar-refractivity contribution in [2.24, 2.45) is 5.92 Å². The molecule has 0 atom stereocenters. The van der Waals surface area contributed by atoms with Gasteiger partial charge in [-0.15, -0.1) is 0 Å². The Kier molecular flexibility index (Phi) is 3.62. The average molecular weight is 201 g/mol. The van der Waals surface area contributed by atoms with Gasteiger partial charge in [0.2, 0.25) is 0 Å². The molecule has 78 valence electrons. The van der Waals surface area contributed by atoms with Gasteiger partial charge in [-0.2, -0.15) is 5.26 Å². The molecule has 2 nitrogen and oxygen atoms in total. The predicted molar refractivity (Wildman–Crippen MR) is 59.7 cm³/mol. The van der Waals surface area contributed by atoms with Crippen LogP contribution in [-0.2, 0) is 6.42 Å². The smallest absolute Gasteiger partial charge is 0.159 e. The molecule has 0 unspecified atom stereocenters. The Labute approximate surface area is 90.5 Å². The summed E-state index contributed by atoms with van der Waals surface area (Å²) in [7, 11) is 0. The Morgan fingerprint density at radius 2 is 2.13 bits per heavy atom. The topological polar surface area (TPSA) is 40.9 Å². The number of nitrogens with zero attached hydrogens (tertiary/aromatic N) is 1. The summed E-state index contributed by atoms with van der Waals surface area (Å²) in [5.41, 5.74) is 2.26. The van der Waals surface area contributed by atoms with Crippen molar-refractivity contribution >= 4 is 5.78 Å². The third kappa shape index (κ3) is 2.92. The van der Waals surface area contributed by atoms with Gasteiger partial charge >= 0.3 is 0 Å². The molecule has 0 aliphatic heterocycles. The summed E-state index contributed by atoms with van der Waals surface area (Å²) in [6.07, 6.45) is 0.876. The molecule has 0 aromatic heterocycles. The lowest BCUT2D eigenvalue weighted by Crippen LogP contribution is -2.00. The lowest BCUT2D eigenvalue weighted by atomic mass is 9.96. The third-order valence-electron chi connectivity index (χ3n) is 2.27. The first kappa shape index (κ1) is 11.5. The second kappa shape index (κ2) is 4.75. The van der Waals surface area contributed by atoms with Gasteiger partial charge in [-0.05, 0) is 30.9 Å². The van der Waals surface area contributed by atoms with Crippen LogP contribution >= 0.6 is 0 Å². The number of Topliss-reactive ketones (excluding diaryl/α,β-unsaturated/α-hetero) is 1. The normalized spacial score (nSPS) is 10.1. The Bertz CT molecular complexity index is 413. The molecule has 0 saturated carbocycles. The van der Waals surface area contributed by atoms with Crippen molar-refractivity contribution in [3.63, 3.8) is 0 Å². The second-order valence-electron chi connectivity index (χ2n) is 4.14. The van der Waals surface area contributed by atoms with Crippen molar-refractivity contribution in [1.82, 2.24) is 0 Å². The molecule has 1 aromatic rings. The van der Waals surface area contributed by atoms with E-state index >= 15 is 0 Å². The quantitative estimate of drug-likeness (QED) is 0.705. The number of carbonyl (C=O) groups excluding carboxylic acids is 1. The number of hydrogen-bond acceptors (Lipinski definition) is 2. The standard InChI is InChI=1S/C13H15NO/c1-9(2)6-12-5-4-11(10(3)15)7-13(12)8-14/h4-5,7,9H,6H2,1-3H3. The van der Waals surface area contributed by atoms with E-state index in [9.17, 15) is 4.79 Å². The van der Waals surface area contributed by atoms with Crippen molar-refractivity contribution < 1.29 is 4.79 Å². The lowest BCUT2D eigenvalue weighted by molar-refractivity contribution is 0.101. The molecular weight excluding hydrogens is 186 g/mol. The zero-order chi connectivity index (χ0) is 11.4. The maximum Gasteiger partial charge on any atom is 0.159 e. The Hall–Kier alpha value is -1.62. The molecule has 0 N–H and O–H groups in total. The molecule has 15 heavy (non-hydrogen) atoms. The van der Waals surface area contributed by atoms with E-state index in [4.69, 9.17) is 5.26 Å². The first-order valence-electron chi connectivity index (χ1n) is 5.08. The molecule has 1 rings (SSSR count). The summed E-state index contributed by atoms with van der Waals surface area (Å²) in [5, 5.41) is 8.98. The highest BCUT2D eigenvalue weighted by molar-refractivity contribution is 5.94. The Morgan fingerprint density at radius 1 is 1.47 bits per heavy atom. The van der Waals surface area contributed by atoms with Crippen LogP contribution in [0.15, 0.2) is 18.2 Å². The van der Waals surface area contributed by atoms with Gasteiger partial charge in [0.1, 0.15) is 0 Å². The summed E-state index contributed by atoms with van der Waals surface area (Å²) in [4.78, 5) is 11.1. The van der Waals surface area contributed by atoms with Crippen LogP contribution in [0.1, 0.15) is 42.3 Å². The van der Waals surface area contributed by atoms with Crippen LogP contribution in [0.2, 0.25) is 0 Å². The van der Waals surface area contributed by atoms with Crippen LogP contribution in [0, 0.1) is 17.2 Å². The van der Waals surface area contributed by atoms with E-state index < -0.39 is 0 Å². The van der Waals surface area contributed by atoms with Gasteiger partial charge in [0.05, 0.1) is 11.6 Å². The van der Waals surface area contributed by atoms with Crippen LogP contribution in [0.3, 0.4) is 0 Å². The Morgan fingerprint density at radius 3 is 2.60 bits per heavy atom. The highest BCUT2D eigenvalue weighted by Crippen LogP contribution is 2.15. The van der Waals surface area contributed by atoms with E-state index in [-0.39, 0.29) is 5.78 Å². The van der Waals surface area contributed by atoms with E-state index in [0.717, 1.165) is 12.0 Å². The van der Waals surface area contributed by atoms with Crippen molar-refractivity contribution in [2.45, 2.75) is 27.2 Å². The van der Waals surface area contributed by atoms with Gasteiger partial charge in [0.25, 0.3) is 0 Å². The number of rotatable bonds is 3. The molecule has 0 bridgehead atoms. The molecule has 0 fully saturated rings. The largest absolute Gasteiger partial charge is 0.295 e. The highest BCUT2D eigenvalue weighted by atomic mass is 16.1. The number of benzene rings is 1. The lowest BCUT2D eigenvalue weighted by Gasteiger charge is -2.07. The molecule has 0 heterocycles. The second-order valence-corrected chi connectivity index (χ2v) is 4.14. The predicted octanol–water partition coefficient (Wildman–Crippen LogP) is 2.96. The van der Waals surface area contributed by atoms with Crippen LogP contribution < -0.4 is 0 Å². The average Bonchev–Trinajstić information content (AvgIpc) is 2.17. The maximum absolute atomic E-state index is 11.1. The first-order chi connectivity index (χ1) is 7.04. The van der Waals surface area contributed by atoms with Gasteiger partial charge < -0.3 is 0 Å². The van der Waals surface area contributed by atoms with E-state index in [0.29, 0.717) is 17.0 Å². The number of nitriles is 1. The van der Waals surface area contributed by atoms with Crippen molar-refractivity contribution in [3.05, 3.63) is 34.9 Å². The molecule has 2 heteroatoms. The van der Waals surface area contributed by atoms with E-state index in [1.54, 1.807) is 12.1 Å². The minimum absolute atomic E-state index is 0.00240. The van der Waals surface area contributed by atoms with Gasteiger partial charge in [0, 0.05) is 5.56 Å². The number of ketones is 1. The summed E-state index contributed by atoms with van der Waals surface area (Å²) in [6, 6.07) is 7.50. The molecule has 0 spiro atoms. The van der Waals surface area contributed by atoms with Crippen LogP contribution in [0.4, 0.5) is 0 Å². The number of hydrogen-bond donors (Lipinski definition) is 0. The highest BCUT2D eigenvalue weighted by Gasteiger charge is 2.07. The van der Waals surface area contributed by atoms with E-state index in [1.807, 2.05) is 6.07 Å². The van der Waals surface area contributed by atoms with Crippen molar-refractivity contribution in [1.29, 1.82) is 5.26 Å². The molecule has 0 aliphatic rings. The zero-order valence-electron chi connectivity index (χ0n) is 9.37. The SMILES string of the molecule is CC(=O)c1ccc(CC(C)C)c(C#N)c1. The molecule has 0 radical (unpaired) electrons. The molecule has 0 amide bonds. The molecule has 0 aliphatic carbocycles. The summed E-state index contributed by atoms with van der Waals surface area (Å²) < 4.78 is 0. The summed E-state index contributed by atoms with van der Waals surface area (Å²) in [5.74, 6) is 0.517. The van der Waals surface area contributed by atoms with Crippen LogP contribution in [0.25, 0.3) is 0 Å². The van der Waals surface area contributed by atoms with Crippen LogP contribution in [-0.4, -0.2) is 5.78 Å². The van der Waals surface area contributed by atoms with Gasteiger partial charge in [0.15, 0.2) is 5.78 Å². The summed E-state index contributed by atoms with van der Waals surface area (Å²) >= 11 is 0. The molecular formula is C13H15NO. The Balaban J connectivity index is 3.11. The fourth-order valence-electron chi connectivity index (χ4n) is 1.52. The van der Waals surface area contributed by atoms with E-state index in [2.05, 4.69) is 19.9 Å². The fourth-order valence-corrected chi connectivity index (χ4v) is 1.52. The number of carbonyl (C=O) groups is 1. The van der Waals surface area contributed by atoms with Gasteiger partial charge in [-0.3, -0.25) is 4.79 Å². The van der Waals surface area contributed by atoms with Gasteiger partial charge in [-0.25, -0.2) is 0 Å². The zero-order valence-corrected chi connectivity index (χ0v) is 9.37. The summed E-state index contributed by atoms with van der Waals surface area (Å²) in [6.45, 7) is 5.73. The minimum Gasteiger partial charge on any atom is -0.295 e. The first-order valence-corrected chi connectivity index (χ1v) is 5.08. The monoisotopic (exact) mass is 201 g/mol. The van der Waals surface area contributed by atoms with E-state index in [1.165, 1.54) is 6.92 Å².